The summed E-state index contributed by atoms with van der Waals surface area (Å²) in [5.41, 5.74) is 6.29. The lowest BCUT2D eigenvalue weighted by molar-refractivity contribution is -0.0531. The summed E-state index contributed by atoms with van der Waals surface area (Å²) in [6.45, 7) is 1.21. The number of hydrogen-bond donors (Lipinski definition) is 4. The Morgan fingerprint density at radius 3 is 2.77 bits per heavy atom. The smallest absolute Gasteiger partial charge is 0.333 e. The topological polar surface area (TPSA) is 202 Å². The largest absolute Gasteiger partial charge is 0.468 e. The first kappa shape index (κ1) is 21.0. The molecule has 1 saturated heterocycles. The molecule has 1 aliphatic rings. The molecule has 0 radical (unpaired) electrons. The van der Waals surface area contributed by atoms with Gasteiger partial charge >= 0.3 is 10.3 Å². The molecule has 6 N–H and O–H groups in total. The number of nitrogen functional groups attached to an aromatic ring is 1. The van der Waals surface area contributed by atoms with Crippen LogP contribution in [-0.2, 0) is 19.2 Å². The maximum absolute atomic E-state index is 11.0. The molecule has 3 aromatic rings. The third-order valence-electron chi connectivity index (χ3n) is 4.48. The lowest BCUT2D eigenvalue weighted by Crippen LogP contribution is -2.35. The van der Waals surface area contributed by atoms with Crippen LogP contribution >= 0.6 is 11.8 Å². The number of rotatable bonds is 6. The van der Waals surface area contributed by atoms with Gasteiger partial charge in [-0.1, -0.05) is 11.8 Å². The van der Waals surface area contributed by atoms with Gasteiger partial charge in [0.15, 0.2) is 11.9 Å². The van der Waals surface area contributed by atoms with Crippen LogP contribution in [-0.4, -0.2) is 63.3 Å². The first-order chi connectivity index (χ1) is 14.2. The molecule has 162 valence electrons. The number of ether oxygens (including phenoxy) is 1. The van der Waals surface area contributed by atoms with Crippen molar-refractivity contribution >= 4 is 38.9 Å². The van der Waals surface area contributed by atoms with E-state index in [4.69, 9.17) is 20.0 Å². The zero-order valence-electron chi connectivity index (χ0n) is 15.4. The zero-order valence-corrected chi connectivity index (χ0v) is 17.1. The highest BCUT2D eigenvalue weighted by atomic mass is 32.2. The van der Waals surface area contributed by atoms with Gasteiger partial charge in [0.2, 0.25) is 0 Å². The Kier molecular flexibility index (Phi) is 5.43. The van der Waals surface area contributed by atoms with Crippen molar-refractivity contribution in [1.29, 1.82) is 0 Å². The van der Waals surface area contributed by atoms with Crippen LogP contribution in [0, 0.1) is 6.92 Å². The molecule has 4 rings (SSSR count). The highest BCUT2D eigenvalue weighted by Crippen LogP contribution is 2.39. The highest BCUT2D eigenvalue weighted by molar-refractivity contribution is 7.99. The van der Waals surface area contributed by atoms with E-state index in [9.17, 15) is 18.6 Å². The van der Waals surface area contributed by atoms with E-state index in [0.717, 1.165) is 4.90 Å². The molecule has 0 spiro atoms. The molecule has 0 amide bonds. The summed E-state index contributed by atoms with van der Waals surface area (Å²) >= 11 is 1.25. The van der Waals surface area contributed by atoms with Crippen LogP contribution in [0.15, 0.2) is 33.0 Å². The Morgan fingerprint density at radius 2 is 2.10 bits per heavy atom. The summed E-state index contributed by atoms with van der Waals surface area (Å²) in [5, 5.41) is 30.9. The van der Waals surface area contributed by atoms with Crippen LogP contribution in [0.4, 0.5) is 5.82 Å². The van der Waals surface area contributed by atoms with Crippen LogP contribution in [0.2, 0.25) is 0 Å². The minimum absolute atomic E-state index is 0.164. The minimum atomic E-state index is -4.25. The van der Waals surface area contributed by atoms with Gasteiger partial charge in [0.25, 0.3) is 0 Å². The Bertz CT molecular complexity index is 1180. The van der Waals surface area contributed by atoms with Gasteiger partial charge in [-0.25, -0.2) is 19.8 Å². The number of aromatic nitrogens is 4. The van der Waals surface area contributed by atoms with E-state index in [2.05, 4.69) is 19.2 Å². The first-order valence-electron chi connectivity index (χ1n) is 8.55. The van der Waals surface area contributed by atoms with Crippen molar-refractivity contribution in [3.05, 3.63) is 24.4 Å². The predicted octanol–water partition coefficient (Wildman–Crippen LogP) is -0.700. The van der Waals surface area contributed by atoms with Crippen molar-refractivity contribution in [3.63, 3.8) is 0 Å². The third kappa shape index (κ3) is 3.87. The van der Waals surface area contributed by atoms with E-state index in [1.807, 2.05) is 0 Å². The summed E-state index contributed by atoms with van der Waals surface area (Å²) in [6, 6.07) is 1.76. The molecular formula is C15H18N6O7S2. The molecule has 0 aromatic carbocycles. The molecule has 0 bridgehead atoms. The summed E-state index contributed by atoms with van der Waals surface area (Å²) in [5.74, 6) is 0.836. The second-order valence-electron chi connectivity index (χ2n) is 6.47. The maximum atomic E-state index is 11.0. The van der Waals surface area contributed by atoms with E-state index >= 15 is 0 Å². The fourth-order valence-corrected chi connectivity index (χ4v) is 4.30. The number of aryl methyl sites for hydroxylation is 1. The minimum Gasteiger partial charge on any atom is -0.468 e. The van der Waals surface area contributed by atoms with Crippen LogP contribution in [0.25, 0.3) is 11.0 Å². The van der Waals surface area contributed by atoms with Gasteiger partial charge in [-0.2, -0.15) is 13.5 Å². The Hall–Kier alpha value is -2.27. The SMILES string of the molecule is Cc1occc1Sc1nn([C@@H]2O[C@H](COS(N)(=O)=O)[C@@H](O)[C@H]2O)c2ncnc(N)c12. The molecule has 1 aliphatic heterocycles. The third-order valence-corrected chi connectivity index (χ3v) is 6.07. The summed E-state index contributed by atoms with van der Waals surface area (Å²) in [7, 11) is -4.25. The van der Waals surface area contributed by atoms with Crippen LogP contribution in [0.3, 0.4) is 0 Å². The molecule has 30 heavy (non-hydrogen) atoms. The number of anilines is 1. The Labute approximate surface area is 174 Å². The number of aliphatic hydroxyl groups excluding tert-OH is 2. The second-order valence-corrected chi connectivity index (χ2v) is 8.73. The van der Waals surface area contributed by atoms with Crippen molar-refractivity contribution < 1.29 is 32.0 Å². The molecule has 13 nitrogen and oxygen atoms in total. The van der Waals surface area contributed by atoms with E-state index < -0.39 is 41.5 Å². The molecule has 15 heteroatoms. The van der Waals surface area contributed by atoms with Crippen molar-refractivity contribution in [1.82, 2.24) is 19.7 Å². The van der Waals surface area contributed by atoms with Crippen LogP contribution < -0.4 is 10.9 Å². The van der Waals surface area contributed by atoms with Gasteiger partial charge in [-0.05, 0) is 13.0 Å². The van der Waals surface area contributed by atoms with Crippen molar-refractivity contribution in [3.8, 4) is 0 Å². The van der Waals surface area contributed by atoms with Gasteiger partial charge in [0.05, 0.1) is 23.2 Å². The summed E-state index contributed by atoms with van der Waals surface area (Å²) in [6.07, 6.45) is -2.51. The Balaban J connectivity index is 1.70. The second kappa shape index (κ2) is 7.77. The average Bonchev–Trinajstić information content (AvgIpc) is 3.32. The van der Waals surface area contributed by atoms with Gasteiger partial charge in [0, 0.05) is 0 Å². The first-order valence-corrected chi connectivity index (χ1v) is 10.8. The molecule has 1 fully saturated rings. The molecule has 0 saturated carbocycles. The molecular weight excluding hydrogens is 440 g/mol. The van der Waals surface area contributed by atoms with Crippen LogP contribution in [0.5, 0.6) is 0 Å². The van der Waals surface area contributed by atoms with Gasteiger partial charge in [-0.3, -0.25) is 4.18 Å². The zero-order chi connectivity index (χ0) is 21.6. The van der Waals surface area contributed by atoms with E-state index in [1.165, 1.54) is 29.0 Å². The lowest BCUT2D eigenvalue weighted by atomic mass is 10.1. The molecule has 3 aromatic heterocycles. The maximum Gasteiger partial charge on any atom is 0.333 e. The average molecular weight is 458 g/mol. The quantitative estimate of drug-likeness (QED) is 0.362. The van der Waals surface area contributed by atoms with E-state index in [0.29, 0.717) is 16.2 Å². The fraction of sp³-hybridized carbons (Fsp3) is 0.400. The molecule has 4 heterocycles. The lowest BCUT2D eigenvalue weighted by Gasteiger charge is -2.15. The number of furan rings is 1. The van der Waals surface area contributed by atoms with Gasteiger partial charge in [0.1, 0.15) is 41.2 Å². The van der Waals surface area contributed by atoms with E-state index in [1.54, 1.807) is 13.0 Å². The fourth-order valence-electron chi connectivity index (χ4n) is 3.03. The normalized spacial score (nSPS) is 24.7. The van der Waals surface area contributed by atoms with Crippen LogP contribution in [0.1, 0.15) is 12.0 Å². The number of hydrogen-bond acceptors (Lipinski definition) is 12. The number of nitrogens with two attached hydrogens (primary N) is 2. The number of aliphatic hydroxyl groups is 2. The van der Waals surface area contributed by atoms with E-state index in [-0.39, 0.29) is 11.5 Å². The van der Waals surface area contributed by atoms with Crippen molar-refractivity contribution in [2.45, 2.75) is 41.4 Å². The Morgan fingerprint density at radius 1 is 1.33 bits per heavy atom. The predicted molar refractivity (Wildman–Crippen MR) is 102 cm³/mol. The monoisotopic (exact) mass is 458 g/mol. The number of nitrogens with zero attached hydrogens (tertiary/aromatic N) is 4. The molecule has 0 aliphatic carbocycles. The molecule has 0 unspecified atom stereocenters. The van der Waals surface area contributed by atoms with Gasteiger partial charge in [-0.15, -0.1) is 0 Å². The van der Waals surface area contributed by atoms with Gasteiger partial charge < -0.3 is 25.1 Å². The van der Waals surface area contributed by atoms with Crippen molar-refractivity contribution in [2.24, 2.45) is 5.14 Å². The van der Waals surface area contributed by atoms with Crippen molar-refractivity contribution in [2.75, 3.05) is 12.3 Å². The summed E-state index contributed by atoms with van der Waals surface area (Å²) < 4.78 is 38.7. The molecule has 4 atom stereocenters. The number of fused-ring (bicyclic) bond motifs is 1. The highest BCUT2D eigenvalue weighted by Gasteiger charge is 2.45. The summed E-state index contributed by atoms with van der Waals surface area (Å²) in [4.78, 5) is 8.96. The standard InChI is InChI=1S/C15H18N6O7S2/c1-6-8(2-3-26-6)29-14-9-12(16)18-5-19-13(9)21(20-14)15-11(23)10(22)7(28-15)4-27-30(17,24)25/h2-3,5,7,10-11,15,22-23H,4H2,1H3,(H2,16,18,19)(H2,17,24,25)/t7-,10-,11-,15-/m1/s1.